The van der Waals surface area contributed by atoms with Crippen molar-refractivity contribution in [1.82, 2.24) is 0 Å². The van der Waals surface area contributed by atoms with Crippen molar-refractivity contribution >= 4 is 15.9 Å². The van der Waals surface area contributed by atoms with E-state index in [0.29, 0.717) is 25.1 Å². The fourth-order valence-electron chi connectivity index (χ4n) is 2.86. The summed E-state index contributed by atoms with van der Waals surface area (Å²) in [6.07, 6.45) is 1.39. The van der Waals surface area contributed by atoms with Crippen molar-refractivity contribution in [1.29, 1.82) is 0 Å². The van der Waals surface area contributed by atoms with Gasteiger partial charge in [-0.3, -0.25) is 0 Å². The molecule has 1 unspecified atom stereocenters. The lowest BCUT2D eigenvalue weighted by Gasteiger charge is -2.37. The third-order valence-electron chi connectivity index (χ3n) is 4.09. The van der Waals surface area contributed by atoms with E-state index in [2.05, 4.69) is 22.0 Å². The Morgan fingerprint density at radius 1 is 1.24 bits per heavy atom. The van der Waals surface area contributed by atoms with Gasteiger partial charge in [-0.05, 0) is 42.2 Å². The zero-order valence-corrected chi connectivity index (χ0v) is 13.2. The van der Waals surface area contributed by atoms with Gasteiger partial charge >= 0.3 is 0 Å². The van der Waals surface area contributed by atoms with Crippen LogP contribution in [0.4, 0.5) is 4.39 Å². The molecule has 2 nitrogen and oxygen atoms in total. The van der Waals surface area contributed by atoms with Crippen LogP contribution in [-0.2, 0) is 12.8 Å². The minimum Gasteiger partial charge on any atom is -0.493 e. The van der Waals surface area contributed by atoms with E-state index in [-0.39, 0.29) is 11.2 Å². The topological polar surface area (TPSA) is 35.2 Å². The second-order valence-corrected chi connectivity index (χ2v) is 6.61. The molecule has 0 fully saturated rings. The third-order valence-corrected chi connectivity index (χ3v) is 4.58. The lowest BCUT2D eigenvalue weighted by molar-refractivity contribution is 0.125. The first-order chi connectivity index (χ1) is 10.1. The summed E-state index contributed by atoms with van der Waals surface area (Å²) in [6.45, 7) is 0.993. The average Bonchev–Trinajstić information content (AvgIpc) is 2.50. The van der Waals surface area contributed by atoms with E-state index in [1.165, 1.54) is 6.07 Å². The second kappa shape index (κ2) is 5.78. The van der Waals surface area contributed by atoms with Crippen LogP contribution < -0.4 is 10.5 Å². The molecule has 21 heavy (non-hydrogen) atoms. The molecule has 2 aromatic carbocycles. The summed E-state index contributed by atoms with van der Waals surface area (Å²) in [5.41, 5.74) is 7.60. The molecule has 2 N–H and O–H groups in total. The molecule has 0 radical (unpaired) electrons. The highest BCUT2D eigenvalue weighted by Crippen LogP contribution is 2.37. The van der Waals surface area contributed by atoms with Gasteiger partial charge in [0, 0.05) is 16.4 Å². The molecule has 110 valence electrons. The van der Waals surface area contributed by atoms with Crippen LogP contribution in [0.2, 0.25) is 0 Å². The van der Waals surface area contributed by atoms with Crippen molar-refractivity contribution < 1.29 is 9.13 Å². The number of hydrogen-bond donors (Lipinski definition) is 1. The zero-order chi connectivity index (χ0) is 14.9. The number of halogens is 2. The Labute approximate surface area is 132 Å². The molecule has 0 aliphatic carbocycles. The predicted molar refractivity (Wildman–Crippen MR) is 84.9 cm³/mol. The first-order valence-corrected chi connectivity index (χ1v) is 7.76. The highest BCUT2D eigenvalue weighted by molar-refractivity contribution is 9.10. The average molecular weight is 350 g/mol. The monoisotopic (exact) mass is 349 g/mol. The summed E-state index contributed by atoms with van der Waals surface area (Å²) in [6, 6.07) is 13.2. The SMILES string of the molecule is NCC1(Cc2ccc(Br)cc2F)COc2ccccc2C1. The van der Waals surface area contributed by atoms with Crippen LogP contribution in [0.1, 0.15) is 11.1 Å². The lowest BCUT2D eigenvalue weighted by atomic mass is 9.75. The second-order valence-electron chi connectivity index (χ2n) is 5.69. The van der Waals surface area contributed by atoms with Gasteiger partial charge in [0.2, 0.25) is 0 Å². The molecule has 0 aromatic heterocycles. The van der Waals surface area contributed by atoms with E-state index in [9.17, 15) is 4.39 Å². The molecule has 3 rings (SSSR count). The van der Waals surface area contributed by atoms with Crippen LogP contribution in [0.15, 0.2) is 46.9 Å². The van der Waals surface area contributed by atoms with E-state index in [4.69, 9.17) is 10.5 Å². The van der Waals surface area contributed by atoms with Crippen molar-refractivity contribution in [3.63, 3.8) is 0 Å². The zero-order valence-electron chi connectivity index (χ0n) is 11.6. The van der Waals surface area contributed by atoms with Gasteiger partial charge in [0.1, 0.15) is 11.6 Å². The summed E-state index contributed by atoms with van der Waals surface area (Å²) >= 11 is 3.28. The maximum atomic E-state index is 14.1. The third kappa shape index (κ3) is 2.97. The van der Waals surface area contributed by atoms with Crippen molar-refractivity contribution in [2.45, 2.75) is 12.8 Å². The molecule has 4 heteroatoms. The molecule has 1 aliphatic rings. The number of nitrogens with two attached hydrogens (primary N) is 1. The molecule has 0 saturated heterocycles. The van der Waals surface area contributed by atoms with Gasteiger partial charge in [-0.15, -0.1) is 0 Å². The molecule has 1 aliphatic heterocycles. The number of hydrogen-bond acceptors (Lipinski definition) is 2. The Hall–Kier alpha value is -1.39. The van der Waals surface area contributed by atoms with Crippen molar-refractivity contribution in [3.05, 3.63) is 63.9 Å². The Morgan fingerprint density at radius 3 is 2.81 bits per heavy atom. The van der Waals surface area contributed by atoms with Gasteiger partial charge in [0.15, 0.2) is 0 Å². The number of fused-ring (bicyclic) bond motifs is 1. The van der Waals surface area contributed by atoms with E-state index in [0.717, 1.165) is 22.2 Å². The van der Waals surface area contributed by atoms with Gasteiger partial charge in [0.05, 0.1) is 6.61 Å². The summed E-state index contributed by atoms with van der Waals surface area (Å²) < 4.78 is 20.7. The summed E-state index contributed by atoms with van der Waals surface area (Å²) in [5.74, 6) is 0.717. The van der Waals surface area contributed by atoms with Crippen LogP contribution in [0, 0.1) is 11.2 Å². The highest BCUT2D eigenvalue weighted by atomic mass is 79.9. The minimum absolute atomic E-state index is 0.198. The van der Waals surface area contributed by atoms with Crippen LogP contribution in [-0.4, -0.2) is 13.2 Å². The minimum atomic E-state index is -0.247. The van der Waals surface area contributed by atoms with Crippen LogP contribution >= 0.6 is 15.9 Å². The van der Waals surface area contributed by atoms with E-state index in [1.807, 2.05) is 30.3 Å². The van der Waals surface area contributed by atoms with Gasteiger partial charge in [-0.2, -0.15) is 0 Å². The lowest BCUT2D eigenvalue weighted by Crippen LogP contribution is -2.43. The van der Waals surface area contributed by atoms with Crippen LogP contribution in [0.3, 0.4) is 0 Å². The Morgan fingerprint density at radius 2 is 2.05 bits per heavy atom. The molecular formula is C17H17BrFNO. The molecule has 1 heterocycles. The van der Waals surface area contributed by atoms with Gasteiger partial charge in [-0.1, -0.05) is 40.2 Å². The molecule has 1 atom stereocenters. The number of para-hydroxylation sites is 1. The summed E-state index contributed by atoms with van der Waals surface area (Å²) in [5, 5.41) is 0. The normalized spacial score (nSPS) is 20.7. The van der Waals surface area contributed by atoms with Crippen LogP contribution in [0.5, 0.6) is 5.75 Å². The van der Waals surface area contributed by atoms with E-state index >= 15 is 0 Å². The standard InChI is InChI=1S/C17H17BrFNO/c18-14-6-5-12(15(19)7-14)8-17(10-20)9-13-3-1-2-4-16(13)21-11-17/h1-7H,8-11,20H2. The molecule has 0 bridgehead atoms. The molecule has 2 aromatic rings. The fourth-order valence-corrected chi connectivity index (χ4v) is 3.20. The molecule has 0 spiro atoms. The van der Waals surface area contributed by atoms with Gasteiger partial charge < -0.3 is 10.5 Å². The van der Waals surface area contributed by atoms with Crippen molar-refractivity contribution in [2.75, 3.05) is 13.2 Å². The molecule has 0 saturated carbocycles. The number of rotatable bonds is 3. The maximum absolute atomic E-state index is 14.1. The predicted octanol–water partition coefficient (Wildman–Crippen LogP) is 3.71. The first kappa shape index (κ1) is 14.5. The Kier molecular flexibility index (Phi) is 4.00. The molecular weight excluding hydrogens is 333 g/mol. The largest absolute Gasteiger partial charge is 0.493 e. The molecule has 0 amide bonds. The number of benzene rings is 2. The van der Waals surface area contributed by atoms with Crippen molar-refractivity contribution in [3.8, 4) is 5.75 Å². The quantitative estimate of drug-likeness (QED) is 0.916. The number of ether oxygens (including phenoxy) is 1. The smallest absolute Gasteiger partial charge is 0.127 e. The summed E-state index contributed by atoms with van der Waals surface area (Å²) in [4.78, 5) is 0. The van der Waals surface area contributed by atoms with Crippen molar-refractivity contribution in [2.24, 2.45) is 11.1 Å². The fraction of sp³-hybridized carbons (Fsp3) is 0.294. The summed E-state index contributed by atoms with van der Waals surface area (Å²) in [7, 11) is 0. The van der Waals surface area contributed by atoms with Gasteiger partial charge in [-0.25, -0.2) is 4.39 Å². The first-order valence-electron chi connectivity index (χ1n) is 6.97. The maximum Gasteiger partial charge on any atom is 0.127 e. The highest BCUT2D eigenvalue weighted by Gasteiger charge is 2.35. The van der Waals surface area contributed by atoms with Crippen LogP contribution in [0.25, 0.3) is 0 Å². The van der Waals surface area contributed by atoms with E-state index in [1.54, 1.807) is 0 Å². The van der Waals surface area contributed by atoms with E-state index < -0.39 is 0 Å². The van der Waals surface area contributed by atoms with Gasteiger partial charge in [0.25, 0.3) is 0 Å². The Bertz CT molecular complexity index is 661. The Balaban J connectivity index is 1.88.